The molecule has 5 unspecified atom stereocenters. The van der Waals surface area contributed by atoms with Gasteiger partial charge in [-0.3, -0.25) is 0 Å². The van der Waals surface area contributed by atoms with Crippen molar-refractivity contribution in [3.8, 4) is 17.2 Å². The standard InChI is InChI=1S/C18H22O8/c1-8-4-3-5-9-6-10(24-2)17(14(21)12(8)9)26-18-16(23)15(22)13(20)11(7-19)25-18/h3-6,11,13,15-16,18-23H,7H2,1-2H3. The molecular formula is C18H22O8. The molecule has 8 nitrogen and oxygen atoms in total. The van der Waals surface area contributed by atoms with E-state index in [9.17, 15) is 25.5 Å². The van der Waals surface area contributed by atoms with Gasteiger partial charge in [0.2, 0.25) is 12.0 Å². The molecule has 0 bridgehead atoms. The zero-order chi connectivity index (χ0) is 19.0. The largest absolute Gasteiger partial charge is 0.504 e. The molecule has 142 valence electrons. The molecule has 0 saturated carbocycles. The third-order valence-electron chi connectivity index (χ3n) is 4.57. The minimum atomic E-state index is -1.59. The Morgan fingerprint density at radius 1 is 1.12 bits per heavy atom. The van der Waals surface area contributed by atoms with Gasteiger partial charge in [0.25, 0.3) is 0 Å². The molecule has 0 amide bonds. The predicted molar refractivity (Wildman–Crippen MR) is 91.3 cm³/mol. The number of hydrogen-bond donors (Lipinski definition) is 5. The first-order valence-corrected chi connectivity index (χ1v) is 8.15. The van der Waals surface area contributed by atoms with Crippen molar-refractivity contribution in [2.75, 3.05) is 13.7 Å². The third kappa shape index (κ3) is 3.06. The van der Waals surface area contributed by atoms with Gasteiger partial charge in [-0.1, -0.05) is 18.2 Å². The lowest BCUT2D eigenvalue weighted by Crippen LogP contribution is -2.60. The maximum absolute atomic E-state index is 10.7. The SMILES string of the molecule is COc1cc2cccc(C)c2c(O)c1OC1OC(CO)C(O)C(O)C1O. The molecule has 0 radical (unpaired) electrons. The van der Waals surface area contributed by atoms with Crippen LogP contribution in [0.1, 0.15) is 5.56 Å². The molecule has 1 fully saturated rings. The second kappa shape index (κ2) is 7.26. The minimum absolute atomic E-state index is 0.0707. The summed E-state index contributed by atoms with van der Waals surface area (Å²) in [6, 6.07) is 7.14. The van der Waals surface area contributed by atoms with Gasteiger partial charge in [-0.15, -0.1) is 0 Å². The first-order valence-electron chi connectivity index (χ1n) is 8.15. The van der Waals surface area contributed by atoms with Gasteiger partial charge in [-0.2, -0.15) is 0 Å². The Balaban J connectivity index is 2.02. The molecule has 2 aromatic carbocycles. The van der Waals surface area contributed by atoms with Gasteiger partial charge < -0.3 is 39.7 Å². The van der Waals surface area contributed by atoms with Gasteiger partial charge in [-0.05, 0) is 23.9 Å². The molecule has 5 N–H and O–H groups in total. The van der Waals surface area contributed by atoms with E-state index in [1.54, 1.807) is 6.07 Å². The summed E-state index contributed by atoms with van der Waals surface area (Å²) in [6.45, 7) is 1.25. The van der Waals surface area contributed by atoms with Gasteiger partial charge in [-0.25, -0.2) is 0 Å². The number of ether oxygens (including phenoxy) is 3. The highest BCUT2D eigenvalue weighted by Gasteiger charge is 2.45. The molecule has 1 aliphatic rings. The van der Waals surface area contributed by atoms with E-state index in [2.05, 4.69) is 0 Å². The van der Waals surface area contributed by atoms with E-state index in [0.717, 1.165) is 10.9 Å². The average Bonchev–Trinajstić information content (AvgIpc) is 2.63. The number of phenolic OH excluding ortho intramolecular Hbond substituents is 1. The number of hydrogen-bond acceptors (Lipinski definition) is 8. The zero-order valence-electron chi connectivity index (χ0n) is 14.4. The van der Waals surface area contributed by atoms with Crippen molar-refractivity contribution >= 4 is 10.8 Å². The van der Waals surface area contributed by atoms with E-state index < -0.39 is 37.3 Å². The zero-order valence-corrected chi connectivity index (χ0v) is 14.4. The normalized spacial score (nSPS) is 28.9. The van der Waals surface area contributed by atoms with Crippen molar-refractivity contribution < 1.29 is 39.7 Å². The Kier molecular flexibility index (Phi) is 5.22. The van der Waals surface area contributed by atoms with Crippen molar-refractivity contribution in [1.82, 2.24) is 0 Å². The minimum Gasteiger partial charge on any atom is -0.504 e. The lowest BCUT2D eigenvalue weighted by Gasteiger charge is -2.39. The summed E-state index contributed by atoms with van der Waals surface area (Å²) in [7, 11) is 1.40. The van der Waals surface area contributed by atoms with Crippen LogP contribution in [0.2, 0.25) is 0 Å². The molecule has 1 heterocycles. The van der Waals surface area contributed by atoms with Crippen LogP contribution in [0.4, 0.5) is 0 Å². The highest BCUT2D eigenvalue weighted by atomic mass is 16.7. The number of benzene rings is 2. The number of aliphatic hydroxyl groups is 4. The van der Waals surface area contributed by atoms with E-state index in [-0.39, 0.29) is 17.2 Å². The van der Waals surface area contributed by atoms with Crippen molar-refractivity contribution in [3.63, 3.8) is 0 Å². The average molecular weight is 366 g/mol. The van der Waals surface area contributed by atoms with Crippen LogP contribution in [-0.4, -0.2) is 70.0 Å². The van der Waals surface area contributed by atoms with E-state index in [1.807, 2.05) is 25.1 Å². The highest BCUT2D eigenvalue weighted by molar-refractivity contribution is 5.95. The van der Waals surface area contributed by atoms with E-state index in [4.69, 9.17) is 14.2 Å². The smallest absolute Gasteiger partial charge is 0.229 e. The molecule has 0 spiro atoms. The van der Waals surface area contributed by atoms with Crippen LogP contribution in [0.25, 0.3) is 10.8 Å². The first-order chi connectivity index (χ1) is 12.4. The molecule has 5 atom stereocenters. The molecule has 3 rings (SSSR count). The molecule has 2 aromatic rings. The number of aryl methyl sites for hydroxylation is 1. The summed E-state index contributed by atoms with van der Waals surface area (Å²) < 4.78 is 16.2. The number of phenols is 1. The molecule has 0 aliphatic carbocycles. The van der Waals surface area contributed by atoms with Gasteiger partial charge in [0, 0.05) is 5.39 Å². The Morgan fingerprint density at radius 2 is 1.85 bits per heavy atom. The lowest BCUT2D eigenvalue weighted by atomic mass is 9.99. The molecule has 1 saturated heterocycles. The summed E-state index contributed by atoms with van der Waals surface area (Å²) in [5.74, 6) is -0.0643. The highest BCUT2D eigenvalue weighted by Crippen LogP contribution is 2.45. The Labute approximate surface area is 149 Å². The van der Waals surface area contributed by atoms with Crippen LogP contribution >= 0.6 is 0 Å². The van der Waals surface area contributed by atoms with Gasteiger partial charge >= 0.3 is 0 Å². The fraction of sp³-hybridized carbons (Fsp3) is 0.444. The molecular weight excluding hydrogens is 344 g/mol. The van der Waals surface area contributed by atoms with E-state index >= 15 is 0 Å². The van der Waals surface area contributed by atoms with Gasteiger partial charge in [0.15, 0.2) is 11.5 Å². The van der Waals surface area contributed by atoms with Crippen molar-refractivity contribution in [1.29, 1.82) is 0 Å². The molecule has 26 heavy (non-hydrogen) atoms. The first kappa shape index (κ1) is 18.7. The van der Waals surface area contributed by atoms with Crippen molar-refractivity contribution in [2.45, 2.75) is 37.6 Å². The van der Waals surface area contributed by atoms with E-state index in [1.165, 1.54) is 7.11 Å². The quantitative estimate of drug-likeness (QED) is 0.513. The lowest BCUT2D eigenvalue weighted by molar-refractivity contribution is -0.277. The maximum atomic E-state index is 10.7. The fourth-order valence-corrected chi connectivity index (χ4v) is 3.12. The summed E-state index contributed by atoms with van der Waals surface area (Å²) >= 11 is 0. The van der Waals surface area contributed by atoms with Crippen LogP contribution in [0.5, 0.6) is 17.2 Å². The summed E-state index contributed by atoms with van der Waals surface area (Å²) in [5, 5.41) is 51.1. The Morgan fingerprint density at radius 3 is 2.50 bits per heavy atom. The van der Waals surface area contributed by atoms with Gasteiger partial charge in [0.05, 0.1) is 13.7 Å². The predicted octanol–water partition coefficient (Wildman–Crippen LogP) is 0.0411. The number of aromatic hydroxyl groups is 1. The van der Waals surface area contributed by atoms with Crippen LogP contribution in [-0.2, 0) is 4.74 Å². The van der Waals surface area contributed by atoms with Crippen LogP contribution in [0.15, 0.2) is 24.3 Å². The number of methoxy groups -OCH3 is 1. The Hall–Kier alpha value is -2.10. The topological polar surface area (TPSA) is 129 Å². The summed E-state index contributed by atoms with van der Waals surface area (Å²) in [4.78, 5) is 0. The van der Waals surface area contributed by atoms with E-state index in [0.29, 0.717) is 5.39 Å². The number of fused-ring (bicyclic) bond motifs is 1. The van der Waals surface area contributed by atoms with Crippen LogP contribution < -0.4 is 9.47 Å². The van der Waals surface area contributed by atoms with Crippen LogP contribution in [0.3, 0.4) is 0 Å². The monoisotopic (exact) mass is 366 g/mol. The second-order valence-electron chi connectivity index (χ2n) is 6.24. The number of rotatable bonds is 4. The third-order valence-corrected chi connectivity index (χ3v) is 4.57. The Bertz CT molecular complexity index is 790. The fourth-order valence-electron chi connectivity index (χ4n) is 3.12. The maximum Gasteiger partial charge on any atom is 0.229 e. The van der Waals surface area contributed by atoms with Crippen molar-refractivity contribution in [2.24, 2.45) is 0 Å². The molecule has 1 aliphatic heterocycles. The van der Waals surface area contributed by atoms with Gasteiger partial charge in [0.1, 0.15) is 24.4 Å². The second-order valence-corrected chi connectivity index (χ2v) is 6.24. The summed E-state index contributed by atoms with van der Waals surface area (Å²) in [6.07, 6.45) is -7.21. The summed E-state index contributed by atoms with van der Waals surface area (Å²) in [5.41, 5.74) is 0.807. The molecule has 0 aromatic heterocycles. The van der Waals surface area contributed by atoms with Crippen LogP contribution in [0, 0.1) is 6.92 Å². The van der Waals surface area contributed by atoms with Crippen molar-refractivity contribution in [3.05, 3.63) is 29.8 Å². The number of aliphatic hydroxyl groups excluding tert-OH is 4. The molecule has 8 heteroatoms.